The first-order chi connectivity index (χ1) is 32.7. The second kappa shape index (κ2) is 15.6. The Morgan fingerprint density at radius 1 is 0.212 bits per heavy atom. The summed E-state index contributed by atoms with van der Waals surface area (Å²) in [7, 11) is 0. The van der Waals surface area contributed by atoms with Gasteiger partial charge in [-0.15, -0.1) is 0 Å². The molecule has 0 aliphatic heterocycles. The minimum absolute atomic E-state index is 0.957. The normalized spacial score (nSPS) is 11.6. The van der Waals surface area contributed by atoms with E-state index in [0.717, 1.165) is 33.6 Å². The van der Waals surface area contributed by atoms with Crippen LogP contribution in [0.25, 0.3) is 132 Å². The molecule has 0 unspecified atom stereocenters. The average Bonchev–Trinajstić information content (AvgIpc) is 3.39. The van der Waals surface area contributed by atoms with Crippen molar-refractivity contribution in [3.63, 3.8) is 0 Å². The lowest BCUT2D eigenvalue weighted by molar-refractivity contribution is 1.33. The van der Waals surface area contributed by atoms with Crippen LogP contribution < -0.4 is 0 Å². The third kappa shape index (κ3) is 6.52. The summed E-state index contributed by atoms with van der Waals surface area (Å²) in [6.45, 7) is 0. The Bertz CT molecular complexity index is 4050. The van der Waals surface area contributed by atoms with Crippen LogP contribution >= 0.6 is 0 Å². The lowest BCUT2D eigenvalue weighted by Crippen LogP contribution is -1.94. The van der Waals surface area contributed by atoms with Gasteiger partial charge in [-0.25, -0.2) is 4.98 Å². The molecule has 66 heavy (non-hydrogen) atoms. The summed E-state index contributed by atoms with van der Waals surface area (Å²) in [5.41, 5.74) is 13.7. The van der Waals surface area contributed by atoms with E-state index in [1.165, 1.54) is 98.0 Å². The largest absolute Gasteiger partial charge is 0.247 e. The maximum Gasteiger partial charge on any atom is 0.0788 e. The van der Waals surface area contributed by atoms with Gasteiger partial charge in [-0.3, -0.25) is 0 Å². The number of aromatic nitrogens is 1. The van der Waals surface area contributed by atoms with Crippen molar-refractivity contribution in [3.05, 3.63) is 249 Å². The van der Waals surface area contributed by atoms with Gasteiger partial charge in [-0.2, -0.15) is 0 Å². The summed E-state index contributed by atoms with van der Waals surface area (Å²) in [4.78, 5) is 5.45. The van der Waals surface area contributed by atoms with E-state index in [1.807, 2.05) is 0 Å². The predicted molar refractivity (Wildman–Crippen MR) is 282 cm³/mol. The Morgan fingerprint density at radius 2 is 0.591 bits per heavy atom. The molecule has 13 rings (SSSR count). The molecule has 0 saturated carbocycles. The van der Waals surface area contributed by atoms with Crippen LogP contribution in [0.1, 0.15) is 0 Å². The summed E-state index contributed by atoms with van der Waals surface area (Å²) in [6, 6.07) is 91.1. The molecule has 0 aliphatic carbocycles. The Kier molecular flexibility index (Phi) is 8.92. The second-order valence-electron chi connectivity index (χ2n) is 17.5. The highest BCUT2D eigenvalue weighted by atomic mass is 14.7. The van der Waals surface area contributed by atoms with Crippen molar-refractivity contribution in [1.82, 2.24) is 4.98 Å². The zero-order valence-corrected chi connectivity index (χ0v) is 36.1. The summed E-state index contributed by atoms with van der Waals surface area (Å²) in [5.74, 6) is 0. The molecular weight excluding hydrogens is 795 g/mol. The monoisotopic (exact) mass is 835 g/mol. The first kappa shape index (κ1) is 37.9. The number of pyridine rings is 1. The van der Waals surface area contributed by atoms with Gasteiger partial charge in [0.05, 0.1) is 11.4 Å². The molecule has 0 N–H and O–H groups in total. The molecule has 0 radical (unpaired) electrons. The molecule has 1 nitrogen and oxygen atoms in total. The van der Waals surface area contributed by atoms with Crippen LogP contribution in [-0.4, -0.2) is 4.98 Å². The van der Waals surface area contributed by atoms with Crippen molar-refractivity contribution in [2.24, 2.45) is 0 Å². The van der Waals surface area contributed by atoms with Crippen LogP contribution in [0.2, 0.25) is 0 Å². The fraction of sp³-hybridized carbons (Fsp3) is 0. The SMILES string of the molecule is c1ccc2cc(-c3ccc(-c4ccc(-c5ccc6c(-c7ccc8ccccc8c7)c7ccccc7c(-c7ccc8ccccc8c7)c6c5)cc4)c(-c4ccc5ccccc5c4)n3)ccc2c1. The molecule has 1 heterocycles. The van der Waals surface area contributed by atoms with E-state index in [9.17, 15) is 0 Å². The molecule has 0 bridgehead atoms. The van der Waals surface area contributed by atoms with Crippen LogP contribution in [0.3, 0.4) is 0 Å². The van der Waals surface area contributed by atoms with Crippen molar-refractivity contribution in [2.75, 3.05) is 0 Å². The number of hydrogen-bond donors (Lipinski definition) is 0. The van der Waals surface area contributed by atoms with Crippen molar-refractivity contribution in [2.45, 2.75) is 0 Å². The maximum atomic E-state index is 5.45. The fourth-order valence-corrected chi connectivity index (χ4v) is 10.3. The highest BCUT2D eigenvalue weighted by Crippen LogP contribution is 2.46. The van der Waals surface area contributed by atoms with Gasteiger partial charge >= 0.3 is 0 Å². The van der Waals surface area contributed by atoms with Gasteiger partial charge in [-0.1, -0.05) is 212 Å². The van der Waals surface area contributed by atoms with Crippen molar-refractivity contribution in [3.8, 4) is 67.0 Å². The molecular formula is C65H41N. The summed E-state index contributed by atoms with van der Waals surface area (Å²) < 4.78 is 0. The van der Waals surface area contributed by atoms with Gasteiger partial charge in [-0.05, 0) is 140 Å². The molecule has 0 spiro atoms. The van der Waals surface area contributed by atoms with Gasteiger partial charge < -0.3 is 0 Å². The minimum atomic E-state index is 0.957. The topological polar surface area (TPSA) is 12.9 Å². The first-order valence-electron chi connectivity index (χ1n) is 22.8. The van der Waals surface area contributed by atoms with E-state index >= 15 is 0 Å². The number of benzene rings is 12. The molecule has 0 aliphatic rings. The second-order valence-corrected chi connectivity index (χ2v) is 17.5. The molecule has 306 valence electrons. The third-order valence-corrected chi connectivity index (χ3v) is 13.6. The van der Waals surface area contributed by atoms with Crippen LogP contribution in [0.5, 0.6) is 0 Å². The van der Waals surface area contributed by atoms with Crippen LogP contribution in [-0.2, 0) is 0 Å². The van der Waals surface area contributed by atoms with Crippen LogP contribution in [0.15, 0.2) is 249 Å². The van der Waals surface area contributed by atoms with Gasteiger partial charge in [0, 0.05) is 16.7 Å². The Labute approximate surface area is 383 Å². The zero-order valence-electron chi connectivity index (χ0n) is 36.1. The molecule has 0 fully saturated rings. The molecule has 12 aromatic carbocycles. The molecule has 1 aromatic heterocycles. The van der Waals surface area contributed by atoms with E-state index < -0.39 is 0 Å². The standard InChI is InChI=1S/C65H41N/c1-5-15-48-37-53(29-23-42(48)11-1)62-36-35-57(65(66-62)56-32-26-45-14-4-8-18-51(45)40-56)47-27-21-46(22-28-47)52-33-34-60-61(41-52)64(55-31-25-44-13-3-7-17-50(44)39-55)59-20-10-9-19-58(59)63(60)54-30-24-43-12-2-6-16-49(43)38-54/h1-41H. The summed E-state index contributed by atoms with van der Waals surface area (Å²) >= 11 is 0. The fourth-order valence-electron chi connectivity index (χ4n) is 10.3. The van der Waals surface area contributed by atoms with E-state index in [2.05, 4.69) is 249 Å². The minimum Gasteiger partial charge on any atom is -0.247 e. The number of fused-ring (bicyclic) bond motifs is 6. The molecule has 13 aromatic rings. The summed E-state index contributed by atoms with van der Waals surface area (Å²) in [6.07, 6.45) is 0. The van der Waals surface area contributed by atoms with Crippen molar-refractivity contribution >= 4 is 64.6 Å². The quantitative estimate of drug-likeness (QED) is 0.152. The zero-order chi connectivity index (χ0) is 43.6. The van der Waals surface area contributed by atoms with Crippen LogP contribution in [0, 0.1) is 0 Å². The highest BCUT2D eigenvalue weighted by molar-refractivity contribution is 6.22. The molecule has 0 saturated heterocycles. The van der Waals surface area contributed by atoms with E-state index in [0.29, 0.717) is 0 Å². The lowest BCUT2D eigenvalue weighted by Gasteiger charge is -2.19. The molecule has 1 heteroatoms. The van der Waals surface area contributed by atoms with Crippen molar-refractivity contribution in [1.29, 1.82) is 0 Å². The first-order valence-corrected chi connectivity index (χ1v) is 22.8. The predicted octanol–water partition coefficient (Wildman–Crippen LogP) is 18.0. The van der Waals surface area contributed by atoms with Crippen LogP contribution in [0.4, 0.5) is 0 Å². The average molecular weight is 836 g/mol. The number of rotatable bonds is 6. The molecule has 0 atom stereocenters. The maximum absolute atomic E-state index is 5.45. The van der Waals surface area contributed by atoms with E-state index in [1.54, 1.807) is 0 Å². The lowest BCUT2D eigenvalue weighted by atomic mass is 9.84. The van der Waals surface area contributed by atoms with E-state index in [4.69, 9.17) is 4.98 Å². The highest BCUT2D eigenvalue weighted by Gasteiger charge is 2.19. The van der Waals surface area contributed by atoms with Gasteiger partial charge in [0.2, 0.25) is 0 Å². The van der Waals surface area contributed by atoms with Gasteiger partial charge in [0.1, 0.15) is 0 Å². The third-order valence-electron chi connectivity index (χ3n) is 13.6. The Balaban J connectivity index is 0.973. The number of hydrogen-bond acceptors (Lipinski definition) is 1. The van der Waals surface area contributed by atoms with Gasteiger partial charge in [0.25, 0.3) is 0 Å². The van der Waals surface area contributed by atoms with E-state index in [-0.39, 0.29) is 0 Å². The van der Waals surface area contributed by atoms with Crippen molar-refractivity contribution < 1.29 is 0 Å². The Hall–Kier alpha value is -8.65. The van der Waals surface area contributed by atoms with Gasteiger partial charge in [0.15, 0.2) is 0 Å². The summed E-state index contributed by atoms with van der Waals surface area (Å²) in [5, 5.41) is 14.8. The molecule has 0 amide bonds. The smallest absolute Gasteiger partial charge is 0.0788 e. The Morgan fingerprint density at radius 3 is 1.14 bits per heavy atom. The number of nitrogens with zero attached hydrogens (tertiary/aromatic N) is 1.